The van der Waals surface area contributed by atoms with E-state index in [-0.39, 0.29) is 11.8 Å². The van der Waals surface area contributed by atoms with Crippen LogP contribution in [0.25, 0.3) is 0 Å². The highest BCUT2D eigenvalue weighted by Gasteiger charge is 2.27. The Morgan fingerprint density at radius 2 is 1.72 bits per heavy atom. The first kappa shape index (κ1) is 20.7. The second kappa shape index (κ2) is 9.96. The number of benzene rings is 1. The summed E-state index contributed by atoms with van der Waals surface area (Å²) in [6.45, 7) is 6.90. The van der Waals surface area contributed by atoms with Crippen molar-refractivity contribution in [3.8, 4) is 0 Å². The van der Waals surface area contributed by atoms with E-state index in [1.165, 1.54) is 11.8 Å². The maximum absolute atomic E-state index is 13.1. The van der Waals surface area contributed by atoms with Crippen molar-refractivity contribution in [2.75, 3.05) is 58.2 Å². The normalized spacial score (nSPS) is 23.0. The Labute approximate surface area is 177 Å². The molecule has 7 heteroatoms. The molecule has 6 nitrogen and oxygen atoms in total. The standard InChI is InChI=1S/C22H31N3O3S/c26-21(24-9-3-4-10-24)17-29-20-8-2-1-7-19(20)22(27)25-13-11-23(12-14-25)16-18-6-5-15-28-18/h1-2,7-8,18H,3-6,9-17H2. The third-order valence-electron chi connectivity index (χ3n) is 6.07. The molecule has 0 bridgehead atoms. The van der Waals surface area contributed by atoms with Gasteiger partial charge in [-0.15, -0.1) is 11.8 Å². The molecule has 0 radical (unpaired) electrons. The van der Waals surface area contributed by atoms with E-state index >= 15 is 0 Å². The van der Waals surface area contributed by atoms with Crippen molar-refractivity contribution in [2.24, 2.45) is 0 Å². The van der Waals surface area contributed by atoms with Crippen molar-refractivity contribution in [1.29, 1.82) is 0 Å². The van der Waals surface area contributed by atoms with Gasteiger partial charge in [0.1, 0.15) is 0 Å². The summed E-state index contributed by atoms with van der Waals surface area (Å²) in [7, 11) is 0. The first-order chi connectivity index (χ1) is 14.2. The van der Waals surface area contributed by atoms with Crippen LogP contribution >= 0.6 is 11.8 Å². The molecule has 3 saturated heterocycles. The maximum atomic E-state index is 13.1. The Bertz CT molecular complexity index is 709. The summed E-state index contributed by atoms with van der Waals surface area (Å²) in [5.74, 6) is 0.662. The van der Waals surface area contributed by atoms with Crippen LogP contribution in [0.4, 0.5) is 0 Å². The molecule has 1 atom stereocenters. The summed E-state index contributed by atoms with van der Waals surface area (Å²) in [6.07, 6.45) is 4.88. The number of thioether (sulfide) groups is 1. The molecule has 3 fully saturated rings. The minimum atomic E-state index is 0.0819. The van der Waals surface area contributed by atoms with E-state index in [1.54, 1.807) is 0 Å². The van der Waals surface area contributed by atoms with Crippen molar-refractivity contribution >= 4 is 23.6 Å². The van der Waals surface area contributed by atoms with E-state index in [0.717, 1.165) is 88.6 Å². The Hall–Kier alpha value is -1.57. The van der Waals surface area contributed by atoms with Crippen LogP contribution in [0.1, 0.15) is 36.0 Å². The fraction of sp³-hybridized carbons (Fsp3) is 0.636. The van der Waals surface area contributed by atoms with Crippen LogP contribution in [-0.4, -0.2) is 90.8 Å². The Morgan fingerprint density at radius 3 is 2.45 bits per heavy atom. The van der Waals surface area contributed by atoms with Gasteiger partial charge in [0, 0.05) is 57.3 Å². The summed E-state index contributed by atoms with van der Waals surface area (Å²) >= 11 is 1.49. The molecule has 0 N–H and O–H groups in total. The number of hydrogen-bond acceptors (Lipinski definition) is 5. The molecular formula is C22H31N3O3S. The number of nitrogens with zero attached hydrogens (tertiary/aromatic N) is 3. The third kappa shape index (κ3) is 5.32. The summed E-state index contributed by atoms with van der Waals surface area (Å²) in [5.41, 5.74) is 0.722. The van der Waals surface area contributed by atoms with Crippen molar-refractivity contribution in [2.45, 2.75) is 36.7 Å². The van der Waals surface area contributed by atoms with Gasteiger partial charge in [-0.25, -0.2) is 0 Å². The molecule has 1 unspecified atom stereocenters. The highest BCUT2D eigenvalue weighted by Crippen LogP contribution is 2.25. The summed E-state index contributed by atoms with van der Waals surface area (Å²) in [4.78, 5) is 32.7. The molecule has 0 aromatic heterocycles. The average molecular weight is 418 g/mol. The van der Waals surface area contributed by atoms with Gasteiger partial charge in [0.15, 0.2) is 0 Å². The van der Waals surface area contributed by atoms with Gasteiger partial charge in [0.05, 0.1) is 17.4 Å². The number of carbonyl (C=O) groups excluding carboxylic acids is 2. The minimum absolute atomic E-state index is 0.0819. The van der Waals surface area contributed by atoms with E-state index in [9.17, 15) is 9.59 Å². The van der Waals surface area contributed by atoms with Crippen LogP contribution in [0.3, 0.4) is 0 Å². The highest BCUT2D eigenvalue weighted by molar-refractivity contribution is 8.00. The number of likely N-dealkylation sites (tertiary alicyclic amines) is 1. The molecule has 0 saturated carbocycles. The first-order valence-electron chi connectivity index (χ1n) is 10.8. The molecule has 29 heavy (non-hydrogen) atoms. The van der Waals surface area contributed by atoms with E-state index in [1.807, 2.05) is 34.1 Å². The van der Waals surface area contributed by atoms with Gasteiger partial charge in [-0.1, -0.05) is 12.1 Å². The van der Waals surface area contributed by atoms with Crippen LogP contribution in [0.15, 0.2) is 29.2 Å². The monoisotopic (exact) mass is 417 g/mol. The second-order valence-electron chi connectivity index (χ2n) is 8.10. The largest absolute Gasteiger partial charge is 0.377 e. The van der Waals surface area contributed by atoms with Crippen molar-refractivity contribution in [3.63, 3.8) is 0 Å². The van der Waals surface area contributed by atoms with Crippen LogP contribution in [-0.2, 0) is 9.53 Å². The van der Waals surface area contributed by atoms with Gasteiger partial charge in [-0.2, -0.15) is 0 Å². The smallest absolute Gasteiger partial charge is 0.255 e. The molecule has 0 spiro atoms. The Morgan fingerprint density at radius 1 is 0.966 bits per heavy atom. The minimum Gasteiger partial charge on any atom is -0.377 e. The summed E-state index contributed by atoms with van der Waals surface area (Å²) in [5, 5.41) is 0. The number of rotatable bonds is 6. The van der Waals surface area contributed by atoms with E-state index < -0.39 is 0 Å². The van der Waals surface area contributed by atoms with Crippen LogP contribution in [0.5, 0.6) is 0 Å². The van der Waals surface area contributed by atoms with E-state index in [4.69, 9.17) is 4.74 Å². The molecule has 1 aromatic rings. The number of hydrogen-bond donors (Lipinski definition) is 0. The lowest BCUT2D eigenvalue weighted by atomic mass is 10.1. The van der Waals surface area contributed by atoms with Crippen molar-refractivity contribution in [1.82, 2.24) is 14.7 Å². The number of amides is 2. The highest BCUT2D eigenvalue weighted by atomic mass is 32.2. The number of ether oxygens (including phenoxy) is 1. The fourth-order valence-electron chi connectivity index (χ4n) is 4.35. The quantitative estimate of drug-likeness (QED) is 0.665. The maximum Gasteiger partial charge on any atom is 0.255 e. The Kier molecular flexibility index (Phi) is 7.11. The first-order valence-corrected chi connectivity index (χ1v) is 11.8. The lowest BCUT2D eigenvalue weighted by Crippen LogP contribution is -2.50. The lowest BCUT2D eigenvalue weighted by molar-refractivity contribution is -0.127. The fourth-order valence-corrected chi connectivity index (χ4v) is 5.29. The van der Waals surface area contributed by atoms with Crippen LogP contribution in [0.2, 0.25) is 0 Å². The van der Waals surface area contributed by atoms with Gasteiger partial charge < -0.3 is 14.5 Å². The zero-order valence-electron chi connectivity index (χ0n) is 17.1. The van der Waals surface area contributed by atoms with Crippen LogP contribution < -0.4 is 0 Å². The van der Waals surface area contributed by atoms with Gasteiger partial charge >= 0.3 is 0 Å². The lowest BCUT2D eigenvalue weighted by Gasteiger charge is -2.36. The predicted molar refractivity (Wildman–Crippen MR) is 114 cm³/mol. The summed E-state index contributed by atoms with van der Waals surface area (Å²) < 4.78 is 5.74. The van der Waals surface area contributed by atoms with Gasteiger partial charge in [0.2, 0.25) is 5.91 Å². The molecular weight excluding hydrogens is 386 g/mol. The van der Waals surface area contributed by atoms with Crippen molar-refractivity contribution in [3.05, 3.63) is 29.8 Å². The third-order valence-corrected chi connectivity index (χ3v) is 7.13. The van der Waals surface area contributed by atoms with Crippen molar-refractivity contribution < 1.29 is 14.3 Å². The van der Waals surface area contributed by atoms with Gasteiger partial charge in [-0.3, -0.25) is 14.5 Å². The molecule has 0 aliphatic carbocycles. The SMILES string of the molecule is O=C(CSc1ccccc1C(=O)N1CCN(CC2CCCO2)CC1)N1CCCC1. The molecule has 158 valence electrons. The molecule has 2 amide bonds. The van der Waals surface area contributed by atoms with Crippen LogP contribution in [0, 0.1) is 0 Å². The van der Waals surface area contributed by atoms with E-state index in [0.29, 0.717) is 11.9 Å². The predicted octanol–water partition coefficient (Wildman–Crippen LogP) is 2.34. The molecule has 4 rings (SSSR count). The zero-order chi connectivity index (χ0) is 20.1. The second-order valence-corrected chi connectivity index (χ2v) is 9.12. The average Bonchev–Trinajstić information content (AvgIpc) is 3.47. The Balaban J connectivity index is 1.31. The molecule has 3 heterocycles. The summed E-state index contributed by atoms with van der Waals surface area (Å²) in [6, 6.07) is 7.71. The van der Waals surface area contributed by atoms with Gasteiger partial charge in [0.25, 0.3) is 5.91 Å². The van der Waals surface area contributed by atoms with E-state index in [2.05, 4.69) is 4.90 Å². The van der Waals surface area contributed by atoms with Gasteiger partial charge in [-0.05, 0) is 37.8 Å². The zero-order valence-corrected chi connectivity index (χ0v) is 17.9. The molecule has 3 aliphatic heterocycles. The molecule has 3 aliphatic rings. The number of carbonyl (C=O) groups is 2. The topological polar surface area (TPSA) is 53.1 Å². The number of piperazine rings is 1. The molecule has 1 aromatic carbocycles.